The normalized spacial score (nSPS) is 14.5. The molecule has 4 rings (SSSR count). The van der Waals surface area contributed by atoms with Crippen molar-refractivity contribution in [2.45, 2.75) is 12.8 Å². The predicted octanol–water partition coefficient (Wildman–Crippen LogP) is 3.75. The SMILES string of the molecule is COc1ccc(N2CCN(CCCNC(=O)Cc3csc(-c4cccs4)n3)CC2)cc1. The summed E-state index contributed by atoms with van der Waals surface area (Å²) in [4.78, 5) is 22.9. The van der Waals surface area contributed by atoms with Crippen molar-refractivity contribution in [2.75, 3.05) is 51.3 Å². The van der Waals surface area contributed by atoms with Gasteiger partial charge in [-0.25, -0.2) is 4.98 Å². The second kappa shape index (κ2) is 10.7. The Bertz CT molecular complexity index is 948. The number of carbonyl (C=O) groups excluding carboxylic acids is 1. The van der Waals surface area contributed by atoms with E-state index in [9.17, 15) is 4.79 Å². The predicted molar refractivity (Wildman–Crippen MR) is 128 cm³/mol. The highest BCUT2D eigenvalue weighted by molar-refractivity contribution is 7.20. The summed E-state index contributed by atoms with van der Waals surface area (Å²) in [5.41, 5.74) is 2.09. The highest BCUT2D eigenvalue weighted by Crippen LogP contribution is 2.27. The van der Waals surface area contributed by atoms with Crippen LogP contribution in [0.15, 0.2) is 47.2 Å². The van der Waals surface area contributed by atoms with Crippen LogP contribution in [0.25, 0.3) is 9.88 Å². The molecule has 0 saturated carbocycles. The number of thiazole rings is 1. The molecule has 0 atom stereocenters. The molecule has 0 radical (unpaired) electrons. The third-order valence-corrected chi connectivity index (χ3v) is 7.34. The van der Waals surface area contributed by atoms with Gasteiger partial charge in [-0.2, -0.15) is 0 Å². The number of rotatable bonds is 9. The number of nitrogens with one attached hydrogen (secondary N) is 1. The number of thiophene rings is 1. The van der Waals surface area contributed by atoms with Crippen LogP contribution in [0.1, 0.15) is 12.1 Å². The van der Waals surface area contributed by atoms with E-state index >= 15 is 0 Å². The molecule has 1 aliphatic rings. The van der Waals surface area contributed by atoms with Gasteiger partial charge in [0.1, 0.15) is 10.8 Å². The summed E-state index contributed by atoms with van der Waals surface area (Å²) in [5, 5.41) is 8.06. The molecule has 164 valence electrons. The van der Waals surface area contributed by atoms with Crippen LogP contribution >= 0.6 is 22.7 Å². The van der Waals surface area contributed by atoms with E-state index in [0.717, 1.165) is 60.5 Å². The summed E-state index contributed by atoms with van der Waals surface area (Å²) in [6, 6.07) is 12.3. The molecule has 0 bridgehead atoms. The van der Waals surface area contributed by atoms with Gasteiger partial charge in [-0.05, 0) is 48.7 Å². The van der Waals surface area contributed by atoms with Crippen LogP contribution in [0, 0.1) is 0 Å². The molecule has 1 fully saturated rings. The van der Waals surface area contributed by atoms with Gasteiger partial charge >= 0.3 is 0 Å². The Balaban J connectivity index is 1.12. The first-order valence-corrected chi connectivity index (χ1v) is 12.3. The lowest BCUT2D eigenvalue weighted by molar-refractivity contribution is -0.120. The lowest BCUT2D eigenvalue weighted by Crippen LogP contribution is -2.47. The van der Waals surface area contributed by atoms with Crippen LogP contribution in [0.4, 0.5) is 5.69 Å². The Morgan fingerprint density at radius 2 is 1.94 bits per heavy atom. The van der Waals surface area contributed by atoms with E-state index in [4.69, 9.17) is 4.74 Å². The zero-order valence-corrected chi connectivity index (χ0v) is 19.4. The van der Waals surface area contributed by atoms with Crippen LogP contribution < -0.4 is 15.0 Å². The van der Waals surface area contributed by atoms with Crippen molar-refractivity contribution in [3.63, 3.8) is 0 Å². The summed E-state index contributed by atoms with van der Waals surface area (Å²) >= 11 is 3.27. The first kappa shape index (κ1) is 21.8. The molecule has 1 aliphatic heterocycles. The highest BCUT2D eigenvalue weighted by Gasteiger charge is 2.17. The fourth-order valence-corrected chi connectivity index (χ4v) is 5.32. The number of nitrogens with zero attached hydrogens (tertiary/aromatic N) is 3. The van der Waals surface area contributed by atoms with Gasteiger partial charge < -0.3 is 15.0 Å². The van der Waals surface area contributed by atoms with Crippen LogP contribution in [0.2, 0.25) is 0 Å². The number of methoxy groups -OCH3 is 1. The van der Waals surface area contributed by atoms with E-state index in [1.54, 1.807) is 29.8 Å². The number of piperazine rings is 1. The summed E-state index contributed by atoms with van der Waals surface area (Å²) in [6.45, 7) is 5.86. The maximum absolute atomic E-state index is 12.2. The van der Waals surface area contributed by atoms with Crippen molar-refractivity contribution in [2.24, 2.45) is 0 Å². The largest absolute Gasteiger partial charge is 0.497 e. The molecule has 0 spiro atoms. The van der Waals surface area contributed by atoms with Gasteiger partial charge in [0.25, 0.3) is 0 Å². The molecule has 0 unspecified atom stereocenters. The summed E-state index contributed by atoms with van der Waals surface area (Å²) < 4.78 is 5.24. The maximum Gasteiger partial charge on any atom is 0.226 e. The number of aromatic nitrogens is 1. The second-order valence-electron chi connectivity index (χ2n) is 7.53. The van der Waals surface area contributed by atoms with Gasteiger partial charge in [-0.1, -0.05) is 6.07 Å². The molecule has 1 aromatic carbocycles. The zero-order valence-electron chi connectivity index (χ0n) is 17.8. The molecular formula is C23H28N4O2S2. The number of benzene rings is 1. The van der Waals surface area contributed by atoms with Gasteiger partial charge in [0.15, 0.2) is 0 Å². The van der Waals surface area contributed by atoms with Crippen molar-refractivity contribution < 1.29 is 9.53 Å². The van der Waals surface area contributed by atoms with E-state index in [1.807, 2.05) is 29.0 Å². The summed E-state index contributed by atoms with van der Waals surface area (Å²) in [5.74, 6) is 0.939. The van der Waals surface area contributed by atoms with Crippen molar-refractivity contribution in [3.8, 4) is 15.6 Å². The van der Waals surface area contributed by atoms with E-state index < -0.39 is 0 Å². The third kappa shape index (κ3) is 6.06. The van der Waals surface area contributed by atoms with Crippen molar-refractivity contribution >= 4 is 34.3 Å². The zero-order chi connectivity index (χ0) is 21.5. The Morgan fingerprint density at radius 1 is 1.13 bits per heavy atom. The first-order valence-electron chi connectivity index (χ1n) is 10.6. The molecule has 0 aliphatic carbocycles. The molecule has 31 heavy (non-hydrogen) atoms. The second-order valence-corrected chi connectivity index (χ2v) is 9.33. The monoisotopic (exact) mass is 456 g/mol. The first-order chi connectivity index (χ1) is 15.2. The number of hydrogen-bond donors (Lipinski definition) is 1. The topological polar surface area (TPSA) is 57.7 Å². The van der Waals surface area contributed by atoms with E-state index in [1.165, 1.54) is 5.69 Å². The molecule has 8 heteroatoms. The standard InChI is InChI=1S/C23H28N4O2S2/c1-29-20-7-5-19(6-8-20)27-13-11-26(12-14-27)10-3-9-24-22(28)16-18-17-31-23(25-18)21-4-2-15-30-21/h2,4-8,15,17H,3,9-14,16H2,1H3,(H,24,28). The number of hydrogen-bond acceptors (Lipinski definition) is 7. The Labute approximate surface area is 191 Å². The number of ether oxygens (including phenoxy) is 1. The van der Waals surface area contributed by atoms with Gasteiger partial charge in [-0.15, -0.1) is 22.7 Å². The van der Waals surface area contributed by atoms with Crippen molar-refractivity contribution in [3.05, 3.63) is 52.9 Å². The Morgan fingerprint density at radius 3 is 2.65 bits per heavy atom. The fourth-order valence-electron chi connectivity index (χ4n) is 3.68. The average molecular weight is 457 g/mol. The van der Waals surface area contributed by atoms with Crippen molar-refractivity contribution in [1.29, 1.82) is 0 Å². The average Bonchev–Trinajstić information content (AvgIpc) is 3.49. The molecule has 2 aromatic heterocycles. The van der Waals surface area contributed by atoms with Gasteiger partial charge in [0.2, 0.25) is 5.91 Å². The highest BCUT2D eigenvalue weighted by atomic mass is 32.1. The van der Waals surface area contributed by atoms with Gasteiger partial charge in [0.05, 0.1) is 24.1 Å². The Kier molecular flexibility index (Phi) is 7.56. The minimum Gasteiger partial charge on any atom is -0.497 e. The lowest BCUT2D eigenvalue weighted by Gasteiger charge is -2.36. The van der Waals surface area contributed by atoms with Crippen molar-refractivity contribution in [1.82, 2.24) is 15.2 Å². The molecule has 1 N–H and O–H groups in total. The minimum absolute atomic E-state index is 0.0485. The number of amides is 1. The van der Waals surface area contributed by atoms with Crippen LogP contribution in [0.5, 0.6) is 5.75 Å². The lowest BCUT2D eigenvalue weighted by atomic mass is 10.2. The maximum atomic E-state index is 12.2. The van der Waals surface area contributed by atoms with Crippen LogP contribution in [-0.2, 0) is 11.2 Å². The van der Waals surface area contributed by atoms with Gasteiger partial charge in [0, 0.05) is 43.8 Å². The molecule has 6 nitrogen and oxygen atoms in total. The minimum atomic E-state index is 0.0485. The quantitative estimate of drug-likeness (QED) is 0.497. The summed E-state index contributed by atoms with van der Waals surface area (Å²) in [7, 11) is 1.69. The molecule has 3 aromatic rings. The fraction of sp³-hybridized carbons (Fsp3) is 0.391. The number of carbonyl (C=O) groups is 1. The molecular weight excluding hydrogens is 428 g/mol. The third-order valence-electron chi connectivity index (χ3n) is 5.41. The van der Waals surface area contributed by atoms with E-state index in [0.29, 0.717) is 13.0 Å². The Hall–Kier alpha value is -2.42. The number of anilines is 1. The van der Waals surface area contributed by atoms with E-state index in [2.05, 4.69) is 38.3 Å². The smallest absolute Gasteiger partial charge is 0.226 e. The van der Waals surface area contributed by atoms with Crippen LogP contribution in [0.3, 0.4) is 0 Å². The van der Waals surface area contributed by atoms with Crippen LogP contribution in [-0.4, -0.2) is 62.2 Å². The molecule has 1 saturated heterocycles. The molecule has 1 amide bonds. The van der Waals surface area contributed by atoms with Gasteiger partial charge in [-0.3, -0.25) is 9.69 Å². The van der Waals surface area contributed by atoms with E-state index in [-0.39, 0.29) is 5.91 Å². The molecule has 3 heterocycles. The summed E-state index contributed by atoms with van der Waals surface area (Å²) in [6.07, 6.45) is 1.31.